The SMILES string of the molecule is C[C@]1(c2ccc(Cl)cc2)COc2ncn(CC(=O)NCc3cc4cnc(N)cc4s3)c(=O)c2N1. The van der Waals surface area contributed by atoms with Crippen LogP contribution in [0, 0.1) is 0 Å². The highest BCUT2D eigenvalue weighted by atomic mass is 35.5. The Hall–Kier alpha value is -3.63. The van der Waals surface area contributed by atoms with Crippen LogP contribution in [0.3, 0.4) is 0 Å². The second-order valence-corrected chi connectivity index (χ2v) is 9.85. The number of thiophene rings is 1. The van der Waals surface area contributed by atoms with Crippen LogP contribution in [0.15, 0.2) is 53.7 Å². The van der Waals surface area contributed by atoms with Crippen LogP contribution in [0.5, 0.6) is 5.88 Å². The number of ether oxygens (including phenoxy) is 1. The zero-order chi connectivity index (χ0) is 23.9. The Morgan fingerprint density at radius 3 is 2.91 bits per heavy atom. The number of nitrogen functional groups attached to an aromatic ring is 1. The standard InChI is InChI=1S/C23H21ClN6O3S/c1-23(14-2-4-15(24)5-3-14)11-33-21-20(29-23)22(32)30(12-28-21)10-19(31)27-9-16-6-13-8-26-18(25)7-17(13)34-16/h2-8,12,29H,9-11H2,1H3,(H2,25,26)(H,27,31)/t23-/m1/s1. The van der Waals surface area contributed by atoms with Gasteiger partial charge in [0.05, 0.1) is 12.1 Å². The maximum absolute atomic E-state index is 13.1. The van der Waals surface area contributed by atoms with Gasteiger partial charge < -0.3 is 21.1 Å². The fourth-order valence-electron chi connectivity index (χ4n) is 3.79. The van der Waals surface area contributed by atoms with Gasteiger partial charge in [0.1, 0.15) is 25.3 Å². The number of rotatable bonds is 5. The molecule has 1 atom stereocenters. The third-order valence-electron chi connectivity index (χ3n) is 5.63. The largest absolute Gasteiger partial charge is 0.473 e. The zero-order valence-corrected chi connectivity index (χ0v) is 19.7. The lowest BCUT2D eigenvalue weighted by Crippen LogP contribution is -2.45. The molecule has 0 unspecified atom stereocenters. The maximum atomic E-state index is 13.1. The number of amides is 1. The lowest BCUT2D eigenvalue weighted by molar-refractivity contribution is -0.121. The molecule has 1 aromatic carbocycles. The van der Waals surface area contributed by atoms with E-state index in [4.69, 9.17) is 22.1 Å². The summed E-state index contributed by atoms with van der Waals surface area (Å²) in [7, 11) is 0. The van der Waals surface area contributed by atoms with Crippen molar-refractivity contribution in [2.24, 2.45) is 0 Å². The van der Waals surface area contributed by atoms with Gasteiger partial charge in [0, 0.05) is 26.2 Å². The minimum atomic E-state index is -0.653. The fraction of sp³-hybridized carbons (Fsp3) is 0.217. The number of hydrogen-bond donors (Lipinski definition) is 3. The van der Waals surface area contributed by atoms with Gasteiger partial charge in [-0.25, -0.2) is 9.97 Å². The first-order valence-corrected chi connectivity index (χ1v) is 11.7. The van der Waals surface area contributed by atoms with E-state index in [9.17, 15) is 9.59 Å². The van der Waals surface area contributed by atoms with E-state index in [0.29, 0.717) is 17.4 Å². The van der Waals surface area contributed by atoms with Crippen molar-refractivity contribution in [3.05, 3.63) is 74.7 Å². The van der Waals surface area contributed by atoms with Crippen molar-refractivity contribution >= 4 is 50.4 Å². The van der Waals surface area contributed by atoms with Crippen LogP contribution in [0.1, 0.15) is 17.4 Å². The predicted octanol–water partition coefficient (Wildman–Crippen LogP) is 3.12. The van der Waals surface area contributed by atoms with Gasteiger partial charge in [0.25, 0.3) is 5.56 Å². The van der Waals surface area contributed by atoms with Crippen LogP contribution < -0.4 is 26.7 Å². The normalized spacial score (nSPS) is 17.0. The number of pyridine rings is 1. The van der Waals surface area contributed by atoms with E-state index in [0.717, 1.165) is 20.5 Å². The first kappa shape index (κ1) is 22.2. The Bertz CT molecular complexity index is 1450. The number of hydrogen-bond acceptors (Lipinski definition) is 8. The molecule has 9 nitrogen and oxygen atoms in total. The maximum Gasteiger partial charge on any atom is 0.281 e. The van der Waals surface area contributed by atoms with E-state index >= 15 is 0 Å². The monoisotopic (exact) mass is 496 g/mol. The van der Waals surface area contributed by atoms with Crippen molar-refractivity contribution in [1.29, 1.82) is 0 Å². The third kappa shape index (κ3) is 4.29. The van der Waals surface area contributed by atoms with Crippen LogP contribution in [0.25, 0.3) is 10.1 Å². The molecule has 0 fully saturated rings. The number of anilines is 2. The Kier molecular flexibility index (Phi) is 5.62. The molecule has 4 N–H and O–H groups in total. The molecule has 0 radical (unpaired) electrons. The molecular formula is C23H21ClN6O3S. The minimum Gasteiger partial charge on any atom is -0.473 e. The molecule has 0 saturated carbocycles. The average molecular weight is 497 g/mol. The second-order valence-electron chi connectivity index (χ2n) is 8.25. The summed E-state index contributed by atoms with van der Waals surface area (Å²) < 4.78 is 8.03. The summed E-state index contributed by atoms with van der Waals surface area (Å²) in [5.41, 5.74) is 5.82. The van der Waals surface area contributed by atoms with Gasteiger partial charge in [-0.15, -0.1) is 11.3 Å². The summed E-state index contributed by atoms with van der Waals surface area (Å²) in [6, 6.07) is 11.1. The van der Waals surface area contributed by atoms with Gasteiger partial charge in [-0.05, 0) is 36.8 Å². The van der Waals surface area contributed by atoms with E-state index in [1.54, 1.807) is 24.4 Å². The third-order valence-corrected chi connectivity index (χ3v) is 6.98. The van der Waals surface area contributed by atoms with Crippen LogP contribution in [0.2, 0.25) is 5.02 Å². The second kappa shape index (κ2) is 8.62. The Balaban J connectivity index is 1.30. The van der Waals surface area contributed by atoms with E-state index in [1.807, 2.05) is 25.1 Å². The number of nitrogens with zero attached hydrogens (tertiary/aromatic N) is 3. The van der Waals surface area contributed by atoms with E-state index in [-0.39, 0.29) is 36.2 Å². The van der Waals surface area contributed by atoms with E-state index in [2.05, 4.69) is 20.6 Å². The smallest absolute Gasteiger partial charge is 0.281 e. The van der Waals surface area contributed by atoms with Gasteiger partial charge in [-0.3, -0.25) is 14.2 Å². The van der Waals surface area contributed by atoms with Crippen molar-refractivity contribution in [2.75, 3.05) is 17.7 Å². The van der Waals surface area contributed by atoms with Gasteiger partial charge in [-0.2, -0.15) is 0 Å². The first-order chi connectivity index (χ1) is 16.3. The quantitative estimate of drug-likeness (QED) is 0.387. The Morgan fingerprint density at radius 2 is 2.12 bits per heavy atom. The number of nitrogens with one attached hydrogen (secondary N) is 2. The van der Waals surface area contributed by atoms with Gasteiger partial charge in [-0.1, -0.05) is 23.7 Å². The van der Waals surface area contributed by atoms with Crippen LogP contribution in [-0.2, 0) is 23.4 Å². The number of fused-ring (bicyclic) bond motifs is 2. The molecular weight excluding hydrogens is 476 g/mol. The molecule has 1 amide bonds. The van der Waals surface area contributed by atoms with Crippen molar-refractivity contribution in [1.82, 2.24) is 19.9 Å². The first-order valence-electron chi connectivity index (χ1n) is 10.5. The lowest BCUT2D eigenvalue weighted by Gasteiger charge is -2.36. The van der Waals surface area contributed by atoms with Crippen molar-refractivity contribution in [2.45, 2.75) is 25.6 Å². The summed E-state index contributed by atoms with van der Waals surface area (Å²) >= 11 is 7.53. The van der Waals surface area contributed by atoms with E-state index < -0.39 is 5.54 Å². The molecule has 0 aliphatic carbocycles. The van der Waals surface area contributed by atoms with Crippen molar-refractivity contribution in [3.63, 3.8) is 0 Å². The summed E-state index contributed by atoms with van der Waals surface area (Å²) in [6.07, 6.45) is 3.03. The van der Waals surface area contributed by atoms with Crippen molar-refractivity contribution < 1.29 is 9.53 Å². The summed E-state index contributed by atoms with van der Waals surface area (Å²) in [5.74, 6) is 0.358. The van der Waals surface area contributed by atoms with Crippen molar-refractivity contribution in [3.8, 4) is 5.88 Å². The van der Waals surface area contributed by atoms with Gasteiger partial charge in [0.2, 0.25) is 11.8 Å². The topological polar surface area (TPSA) is 124 Å². The molecule has 34 heavy (non-hydrogen) atoms. The summed E-state index contributed by atoms with van der Waals surface area (Å²) in [6.45, 7) is 2.38. The van der Waals surface area contributed by atoms with E-state index in [1.165, 1.54) is 22.2 Å². The van der Waals surface area contributed by atoms with Crippen LogP contribution >= 0.6 is 22.9 Å². The number of halogens is 1. The number of carbonyl (C=O) groups is 1. The minimum absolute atomic E-state index is 0.169. The summed E-state index contributed by atoms with van der Waals surface area (Å²) in [4.78, 5) is 34.9. The molecule has 1 aliphatic rings. The molecule has 0 saturated heterocycles. The zero-order valence-electron chi connectivity index (χ0n) is 18.2. The molecule has 0 spiro atoms. The van der Waals surface area contributed by atoms with Crippen LogP contribution in [-0.4, -0.2) is 27.0 Å². The number of aromatic nitrogens is 3. The number of nitrogens with two attached hydrogens (primary N) is 1. The summed E-state index contributed by atoms with van der Waals surface area (Å²) in [5, 5.41) is 7.69. The Labute approximate surface area is 203 Å². The highest BCUT2D eigenvalue weighted by molar-refractivity contribution is 7.19. The number of benzene rings is 1. The van der Waals surface area contributed by atoms with Crippen LogP contribution in [0.4, 0.5) is 11.5 Å². The molecule has 4 aromatic rings. The molecule has 174 valence electrons. The number of carbonyl (C=O) groups excluding carboxylic acids is 1. The molecule has 0 bridgehead atoms. The Morgan fingerprint density at radius 1 is 1.32 bits per heavy atom. The highest BCUT2D eigenvalue weighted by Crippen LogP contribution is 2.34. The lowest BCUT2D eigenvalue weighted by atomic mass is 9.92. The van der Waals surface area contributed by atoms with Gasteiger partial charge in [0.15, 0.2) is 5.69 Å². The fourth-order valence-corrected chi connectivity index (χ4v) is 4.94. The predicted molar refractivity (Wildman–Crippen MR) is 132 cm³/mol. The molecule has 11 heteroatoms. The molecule has 1 aliphatic heterocycles. The molecule has 3 aromatic heterocycles. The average Bonchev–Trinajstić information content (AvgIpc) is 3.22. The van der Waals surface area contributed by atoms with Gasteiger partial charge >= 0.3 is 0 Å². The molecule has 4 heterocycles. The highest BCUT2D eigenvalue weighted by Gasteiger charge is 2.35. The molecule has 5 rings (SSSR count).